The van der Waals surface area contributed by atoms with Crippen molar-refractivity contribution in [3.8, 4) is 17.1 Å². The Morgan fingerprint density at radius 1 is 1.13 bits per heavy atom. The largest absolute Gasteiger partial charge is 0.507 e. The van der Waals surface area contributed by atoms with Gasteiger partial charge in [-0.3, -0.25) is 0 Å². The summed E-state index contributed by atoms with van der Waals surface area (Å²) in [4.78, 5) is 0. The van der Waals surface area contributed by atoms with Crippen LogP contribution >= 0.6 is 15.9 Å². The molecular weight excluding hydrogens is 260 g/mol. The summed E-state index contributed by atoms with van der Waals surface area (Å²) >= 11 is 3.25. The predicted octanol–water partition coefficient (Wildman–Crippen LogP) is 1.71. The van der Waals surface area contributed by atoms with Crippen molar-refractivity contribution in [1.29, 1.82) is 0 Å². The van der Waals surface area contributed by atoms with E-state index in [4.69, 9.17) is 0 Å². The second-order valence-electron chi connectivity index (χ2n) is 2.93. The van der Waals surface area contributed by atoms with Gasteiger partial charge in [0.1, 0.15) is 5.75 Å². The normalized spacial score (nSPS) is 10.3. The Kier molecular flexibility index (Phi) is 2.59. The second-order valence-corrected chi connectivity index (χ2v) is 3.85. The molecule has 0 amide bonds. The summed E-state index contributed by atoms with van der Waals surface area (Å²) in [5.41, 5.74) is 0.512. The van der Waals surface area contributed by atoms with Gasteiger partial charge in [0, 0.05) is 4.47 Å². The van der Waals surface area contributed by atoms with Crippen LogP contribution in [-0.2, 0) is 0 Å². The standard InChI is InChI=1S/C9H7BrN4O/c1-5-11-13-9(14-12-5)7-3-2-6(10)4-8(7)15/h2-4,15H,1H3. The van der Waals surface area contributed by atoms with Crippen LogP contribution in [0.25, 0.3) is 11.4 Å². The number of rotatable bonds is 1. The highest BCUT2D eigenvalue weighted by molar-refractivity contribution is 9.10. The summed E-state index contributed by atoms with van der Waals surface area (Å²) < 4.78 is 0.789. The van der Waals surface area contributed by atoms with Crippen molar-refractivity contribution in [1.82, 2.24) is 20.4 Å². The molecule has 1 N–H and O–H groups in total. The lowest BCUT2D eigenvalue weighted by Crippen LogP contribution is -1.98. The second kappa shape index (κ2) is 3.90. The molecule has 15 heavy (non-hydrogen) atoms. The molecule has 0 saturated heterocycles. The van der Waals surface area contributed by atoms with Gasteiger partial charge in [-0.05, 0) is 25.1 Å². The van der Waals surface area contributed by atoms with Crippen LogP contribution in [0.5, 0.6) is 5.75 Å². The topological polar surface area (TPSA) is 71.8 Å². The number of nitrogens with zero attached hydrogens (tertiary/aromatic N) is 4. The Balaban J connectivity index is 2.49. The molecule has 76 valence electrons. The number of aromatic nitrogens is 4. The first kappa shape index (κ1) is 9.97. The maximum Gasteiger partial charge on any atom is 0.207 e. The molecule has 0 unspecified atom stereocenters. The molecule has 2 aromatic rings. The van der Waals surface area contributed by atoms with E-state index in [0.717, 1.165) is 4.47 Å². The zero-order valence-electron chi connectivity index (χ0n) is 7.85. The SMILES string of the molecule is Cc1nnc(-c2ccc(Br)cc2O)nn1. The highest BCUT2D eigenvalue weighted by Crippen LogP contribution is 2.28. The van der Waals surface area contributed by atoms with Crippen LogP contribution in [0.4, 0.5) is 0 Å². The Morgan fingerprint density at radius 3 is 2.40 bits per heavy atom. The maximum atomic E-state index is 9.65. The van der Waals surface area contributed by atoms with Gasteiger partial charge in [0.2, 0.25) is 5.82 Å². The summed E-state index contributed by atoms with van der Waals surface area (Å²) in [6, 6.07) is 5.06. The van der Waals surface area contributed by atoms with E-state index in [9.17, 15) is 5.11 Å². The molecule has 0 aliphatic heterocycles. The van der Waals surface area contributed by atoms with Crippen molar-refractivity contribution in [2.45, 2.75) is 6.92 Å². The molecule has 1 aromatic heterocycles. The third-order valence-corrected chi connectivity index (χ3v) is 2.27. The van der Waals surface area contributed by atoms with Crippen LogP contribution in [0.2, 0.25) is 0 Å². The minimum Gasteiger partial charge on any atom is -0.507 e. The molecule has 6 heteroatoms. The third kappa shape index (κ3) is 2.10. The third-order valence-electron chi connectivity index (χ3n) is 1.78. The van der Waals surface area contributed by atoms with Crippen LogP contribution in [-0.4, -0.2) is 25.5 Å². The number of aromatic hydroxyl groups is 1. The molecule has 5 nitrogen and oxygen atoms in total. The van der Waals surface area contributed by atoms with Crippen molar-refractivity contribution < 1.29 is 5.11 Å². The maximum absolute atomic E-state index is 9.65. The quantitative estimate of drug-likeness (QED) is 0.851. The average Bonchev–Trinajstić information content (AvgIpc) is 2.20. The Bertz CT molecular complexity index is 486. The smallest absolute Gasteiger partial charge is 0.207 e. The highest BCUT2D eigenvalue weighted by atomic mass is 79.9. The fourth-order valence-electron chi connectivity index (χ4n) is 1.08. The minimum atomic E-state index is 0.0943. The molecule has 0 fully saturated rings. The van der Waals surface area contributed by atoms with Crippen LogP contribution in [0.1, 0.15) is 5.82 Å². The van der Waals surface area contributed by atoms with E-state index in [1.807, 2.05) is 0 Å². The molecule has 0 aliphatic rings. The van der Waals surface area contributed by atoms with E-state index in [0.29, 0.717) is 17.2 Å². The van der Waals surface area contributed by atoms with Crippen LogP contribution in [0, 0.1) is 6.92 Å². The van der Waals surface area contributed by atoms with Crippen LogP contribution in [0.15, 0.2) is 22.7 Å². The first-order chi connectivity index (χ1) is 7.16. The summed E-state index contributed by atoms with van der Waals surface area (Å²) in [5, 5.41) is 24.9. The van der Waals surface area contributed by atoms with Gasteiger partial charge in [0.05, 0.1) is 5.56 Å². The average molecular weight is 267 g/mol. The number of hydrogen-bond acceptors (Lipinski definition) is 5. The van der Waals surface area contributed by atoms with Crippen LogP contribution in [0.3, 0.4) is 0 Å². The lowest BCUT2D eigenvalue weighted by atomic mass is 10.2. The van der Waals surface area contributed by atoms with Crippen molar-refractivity contribution in [2.24, 2.45) is 0 Å². The number of hydrogen-bond donors (Lipinski definition) is 1. The van der Waals surface area contributed by atoms with Crippen LogP contribution < -0.4 is 0 Å². The summed E-state index contributed by atoms with van der Waals surface area (Å²) in [7, 11) is 0. The monoisotopic (exact) mass is 266 g/mol. The molecule has 1 aromatic carbocycles. The molecule has 0 radical (unpaired) electrons. The van der Waals surface area contributed by atoms with Gasteiger partial charge in [-0.25, -0.2) is 0 Å². The predicted molar refractivity (Wildman–Crippen MR) is 57.2 cm³/mol. The molecule has 2 rings (SSSR count). The summed E-state index contributed by atoms with van der Waals surface area (Å²) in [6.07, 6.45) is 0. The van der Waals surface area contributed by atoms with E-state index >= 15 is 0 Å². The molecule has 0 spiro atoms. The highest BCUT2D eigenvalue weighted by Gasteiger charge is 2.08. The van der Waals surface area contributed by atoms with E-state index in [-0.39, 0.29) is 5.75 Å². The van der Waals surface area contributed by atoms with Gasteiger partial charge in [-0.2, -0.15) is 0 Å². The fraction of sp³-hybridized carbons (Fsp3) is 0.111. The van der Waals surface area contributed by atoms with E-state index in [1.54, 1.807) is 25.1 Å². The minimum absolute atomic E-state index is 0.0943. The van der Waals surface area contributed by atoms with Crippen molar-refractivity contribution in [3.63, 3.8) is 0 Å². The van der Waals surface area contributed by atoms with Gasteiger partial charge < -0.3 is 5.11 Å². The zero-order valence-corrected chi connectivity index (χ0v) is 9.43. The van der Waals surface area contributed by atoms with E-state index in [1.165, 1.54) is 0 Å². The van der Waals surface area contributed by atoms with Gasteiger partial charge in [0.25, 0.3) is 0 Å². The lowest BCUT2D eigenvalue weighted by molar-refractivity contribution is 0.476. The number of halogens is 1. The van der Waals surface area contributed by atoms with Crippen molar-refractivity contribution in [2.75, 3.05) is 0 Å². The summed E-state index contributed by atoms with van der Waals surface area (Å²) in [5.74, 6) is 0.901. The number of phenolic OH excluding ortho intramolecular Hbond substituents is 1. The molecule has 0 bridgehead atoms. The van der Waals surface area contributed by atoms with Crippen molar-refractivity contribution >= 4 is 15.9 Å². The number of aryl methyl sites for hydroxylation is 1. The zero-order chi connectivity index (χ0) is 10.8. The van der Waals surface area contributed by atoms with Crippen molar-refractivity contribution in [3.05, 3.63) is 28.5 Å². The Hall–Kier alpha value is -1.56. The van der Waals surface area contributed by atoms with Gasteiger partial charge >= 0.3 is 0 Å². The number of benzene rings is 1. The molecule has 0 aliphatic carbocycles. The Labute approximate surface area is 94.3 Å². The van der Waals surface area contributed by atoms with Gasteiger partial charge in [-0.15, -0.1) is 20.4 Å². The Morgan fingerprint density at radius 2 is 1.80 bits per heavy atom. The fourth-order valence-corrected chi connectivity index (χ4v) is 1.43. The molecular formula is C9H7BrN4O. The summed E-state index contributed by atoms with van der Waals surface area (Å²) in [6.45, 7) is 1.70. The van der Waals surface area contributed by atoms with Gasteiger partial charge in [-0.1, -0.05) is 15.9 Å². The molecule has 0 saturated carbocycles. The first-order valence-electron chi connectivity index (χ1n) is 4.20. The molecule has 0 atom stereocenters. The van der Waals surface area contributed by atoms with E-state index < -0.39 is 0 Å². The number of phenols is 1. The van der Waals surface area contributed by atoms with Gasteiger partial charge in [0.15, 0.2) is 5.82 Å². The van der Waals surface area contributed by atoms with E-state index in [2.05, 4.69) is 36.3 Å². The first-order valence-corrected chi connectivity index (χ1v) is 4.99. The molecule has 1 heterocycles. The lowest BCUT2D eigenvalue weighted by Gasteiger charge is -2.01.